The summed E-state index contributed by atoms with van der Waals surface area (Å²) in [6.07, 6.45) is -4.38. The fourth-order valence-corrected chi connectivity index (χ4v) is 2.32. The quantitative estimate of drug-likeness (QED) is 0.833. The Morgan fingerprint density at radius 1 is 1.19 bits per heavy atom. The van der Waals surface area contributed by atoms with Crippen molar-refractivity contribution in [1.29, 1.82) is 0 Å². The van der Waals surface area contributed by atoms with Gasteiger partial charge in [-0.2, -0.15) is 13.2 Å². The van der Waals surface area contributed by atoms with Gasteiger partial charge in [0.05, 0.1) is 23.7 Å². The third-order valence-electron chi connectivity index (χ3n) is 2.49. The van der Waals surface area contributed by atoms with Crippen LogP contribution < -0.4 is 10.6 Å². The molecule has 118 valence electrons. The molecule has 0 aliphatic heterocycles. The summed E-state index contributed by atoms with van der Waals surface area (Å²) in [5.74, 6) is -0.689. The van der Waals surface area contributed by atoms with Gasteiger partial charge >= 0.3 is 6.18 Å². The van der Waals surface area contributed by atoms with Crippen molar-refractivity contribution >= 4 is 21.4 Å². The summed E-state index contributed by atoms with van der Waals surface area (Å²) in [6, 6.07) is 5.42. The summed E-state index contributed by atoms with van der Waals surface area (Å²) >= 11 is 0. The number of nitrogens with one attached hydrogen (secondary N) is 2. The molecule has 1 rings (SSSR count). The Morgan fingerprint density at radius 2 is 1.76 bits per heavy atom. The summed E-state index contributed by atoms with van der Waals surface area (Å²) in [4.78, 5) is 11.5. The first-order chi connectivity index (χ1) is 9.64. The molecule has 21 heavy (non-hydrogen) atoms. The first-order valence-electron chi connectivity index (χ1n) is 6.04. The minimum absolute atomic E-state index is 0.0416. The number of benzene rings is 1. The molecule has 1 aromatic rings. The summed E-state index contributed by atoms with van der Waals surface area (Å²) < 4.78 is 58.7. The third kappa shape index (κ3) is 6.13. The van der Waals surface area contributed by atoms with Crippen molar-refractivity contribution in [2.75, 3.05) is 24.2 Å². The minimum Gasteiger partial charge on any atom is -0.325 e. The molecule has 2 N–H and O–H groups in total. The highest BCUT2D eigenvalue weighted by atomic mass is 32.2. The number of carbonyl (C=O) groups is 1. The third-order valence-corrected chi connectivity index (χ3v) is 4.24. The number of hydrogen-bond donors (Lipinski definition) is 2. The molecule has 1 amide bonds. The van der Waals surface area contributed by atoms with Gasteiger partial charge in [0.1, 0.15) is 0 Å². The molecule has 0 aliphatic rings. The molecule has 0 spiro atoms. The zero-order chi connectivity index (χ0) is 16.1. The maximum atomic E-state index is 11.9. The highest BCUT2D eigenvalue weighted by Gasteiger charge is 2.26. The van der Waals surface area contributed by atoms with E-state index in [2.05, 4.69) is 5.32 Å². The first kappa shape index (κ1) is 17.4. The average Bonchev–Trinajstić information content (AvgIpc) is 2.37. The van der Waals surface area contributed by atoms with E-state index in [0.717, 1.165) is 0 Å². The molecule has 0 aliphatic carbocycles. The second-order valence-electron chi connectivity index (χ2n) is 4.19. The van der Waals surface area contributed by atoms with Crippen LogP contribution >= 0.6 is 0 Å². The molecule has 0 saturated carbocycles. The van der Waals surface area contributed by atoms with E-state index in [0.29, 0.717) is 5.69 Å². The Kier molecular flexibility index (Phi) is 5.73. The van der Waals surface area contributed by atoms with Gasteiger partial charge in [0.15, 0.2) is 9.84 Å². The van der Waals surface area contributed by atoms with Gasteiger partial charge in [-0.3, -0.25) is 4.79 Å². The number of rotatable bonds is 6. The molecule has 0 heterocycles. The van der Waals surface area contributed by atoms with Crippen molar-refractivity contribution in [3.8, 4) is 0 Å². The van der Waals surface area contributed by atoms with Crippen molar-refractivity contribution < 1.29 is 26.4 Å². The zero-order valence-electron chi connectivity index (χ0n) is 11.2. The Hall–Kier alpha value is -1.61. The number of amides is 1. The Morgan fingerprint density at radius 3 is 2.24 bits per heavy atom. The maximum Gasteiger partial charge on any atom is 0.401 e. The van der Waals surface area contributed by atoms with Crippen molar-refractivity contribution in [3.63, 3.8) is 0 Å². The van der Waals surface area contributed by atoms with Crippen LogP contribution in [0.5, 0.6) is 0 Å². The molecule has 0 radical (unpaired) electrons. The highest BCUT2D eigenvalue weighted by molar-refractivity contribution is 7.91. The van der Waals surface area contributed by atoms with E-state index in [9.17, 15) is 26.4 Å². The first-order valence-corrected chi connectivity index (χ1v) is 7.69. The topological polar surface area (TPSA) is 75.3 Å². The molecule has 0 unspecified atom stereocenters. The summed E-state index contributed by atoms with van der Waals surface area (Å²) in [5.41, 5.74) is 0.309. The number of alkyl halides is 3. The van der Waals surface area contributed by atoms with Crippen molar-refractivity contribution in [1.82, 2.24) is 5.32 Å². The van der Waals surface area contributed by atoms with Crippen LogP contribution in [0.4, 0.5) is 18.9 Å². The van der Waals surface area contributed by atoms with Crippen molar-refractivity contribution in [2.24, 2.45) is 0 Å². The fourth-order valence-electron chi connectivity index (χ4n) is 1.44. The van der Waals surface area contributed by atoms with Gasteiger partial charge < -0.3 is 10.6 Å². The Labute approximate surface area is 120 Å². The highest BCUT2D eigenvalue weighted by Crippen LogP contribution is 2.15. The normalized spacial score (nSPS) is 12.2. The lowest BCUT2D eigenvalue weighted by Crippen LogP contribution is -2.35. The standard InChI is InChI=1S/C12H15F3N2O3S/c1-2-21(19,20)10-5-3-9(4-6-10)17-11(18)7-16-8-12(13,14)15/h3-6,16H,2,7-8H2,1H3,(H,17,18). The van der Waals surface area contributed by atoms with Gasteiger partial charge in [0, 0.05) is 5.69 Å². The Balaban J connectivity index is 2.54. The second kappa shape index (κ2) is 6.90. The number of hydrogen-bond acceptors (Lipinski definition) is 4. The predicted octanol–water partition coefficient (Wildman–Crippen LogP) is 1.57. The maximum absolute atomic E-state index is 11.9. The number of carbonyl (C=O) groups excluding carboxylic acids is 1. The molecule has 0 aromatic heterocycles. The summed E-state index contributed by atoms with van der Waals surface area (Å²) in [5, 5.41) is 4.32. The monoisotopic (exact) mass is 324 g/mol. The van der Waals surface area contributed by atoms with Gasteiger partial charge in [-0.15, -0.1) is 0 Å². The predicted molar refractivity (Wildman–Crippen MR) is 71.7 cm³/mol. The SMILES string of the molecule is CCS(=O)(=O)c1ccc(NC(=O)CNCC(F)(F)F)cc1. The molecule has 1 aromatic carbocycles. The molecule has 9 heteroatoms. The van der Waals surface area contributed by atoms with Crippen LogP contribution in [0.15, 0.2) is 29.2 Å². The van der Waals surface area contributed by atoms with E-state index in [1.165, 1.54) is 31.2 Å². The van der Waals surface area contributed by atoms with E-state index in [4.69, 9.17) is 0 Å². The average molecular weight is 324 g/mol. The van der Waals surface area contributed by atoms with Gasteiger partial charge in [-0.1, -0.05) is 6.92 Å². The summed E-state index contributed by atoms with van der Waals surface area (Å²) in [6.45, 7) is -0.236. The molecule has 0 fully saturated rings. The fraction of sp³-hybridized carbons (Fsp3) is 0.417. The van der Waals surface area contributed by atoms with E-state index in [1.807, 2.05) is 5.32 Å². The number of anilines is 1. The smallest absolute Gasteiger partial charge is 0.325 e. The van der Waals surface area contributed by atoms with Crippen molar-refractivity contribution in [3.05, 3.63) is 24.3 Å². The molecule has 0 saturated heterocycles. The molecular weight excluding hydrogens is 309 g/mol. The minimum atomic E-state index is -4.38. The van der Waals surface area contributed by atoms with Gasteiger partial charge in [0.2, 0.25) is 5.91 Å². The van der Waals surface area contributed by atoms with E-state index in [-0.39, 0.29) is 10.6 Å². The van der Waals surface area contributed by atoms with Crippen LogP contribution in [0, 0.1) is 0 Å². The van der Waals surface area contributed by atoms with Crippen LogP contribution in [-0.2, 0) is 14.6 Å². The van der Waals surface area contributed by atoms with Gasteiger partial charge in [-0.25, -0.2) is 8.42 Å². The van der Waals surface area contributed by atoms with Crippen molar-refractivity contribution in [2.45, 2.75) is 18.0 Å². The zero-order valence-corrected chi connectivity index (χ0v) is 12.0. The van der Waals surface area contributed by atoms with Crippen LogP contribution in [0.3, 0.4) is 0 Å². The number of sulfone groups is 1. The van der Waals surface area contributed by atoms with Gasteiger partial charge in [-0.05, 0) is 24.3 Å². The van der Waals surface area contributed by atoms with Gasteiger partial charge in [0.25, 0.3) is 0 Å². The van der Waals surface area contributed by atoms with E-state index >= 15 is 0 Å². The van der Waals surface area contributed by atoms with E-state index in [1.54, 1.807) is 0 Å². The largest absolute Gasteiger partial charge is 0.401 e. The Bertz CT molecular complexity index is 583. The van der Waals surface area contributed by atoms with Crippen LogP contribution in [-0.4, -0.2) is 39.3 Å². The number of halogens is 3. The lowest BCUT2D eigenvalue weighted by Gasteiger charge is -2.09. The lowest BCUT2D eigenvalue weighted by molar-refractivity contribution is -0.126. The van der Waals surface area contributed by atoms with Crippen LogP contribution in [0.25, 0.3) is 0 Å². The molecule has 0 atom stereocenters. The van der Waals surface area contributed by atoms with Crippen LogP contribution in [0.2, 0.25) is 0 Å². The summed E-state index contributed by atoms with van der Waals surface area (Å²) in [7, 11) is -3.32. The lowest BCUT2D eigenvalue weighted by atomic mass is 10.3. The van der Waals surface area contributed by atoms with E-state index < -0.39 is 35.0 Å². The molecule has 5 nitrogen and oxygen atoms in total. The molecule has 0 bridgehead atoms. The van der Waals surface area contributed by atoms with Crippen LogP contribution in [0.1, 0.15) is 6.92 Å². The molecular formula is C12H15F3N2O3S. The second-order valence-corrected chi connectivity index (χ2v) is 6.47.